The Morgan fingerprint density at radius 1 is 1.21 bits per heavy atom. The minimum absolute atomic E-state index is 0.260. The van der Waals surface area contributed by atoms with Gasteiger partial charge in [-0.05, 0) is 22.6 Å². The molecule has 0 aliphatic carbocycles. The average Bonchev–Trinajstić information content (AvgIpc) is 2.62. The smallest absolute Gasteiger partial charge is 0.0813 e. The van der Waals surface area contributed by atoms with Crippen molar-refractivity contribution in [3.05, 3.63) is 34.9 Å². The Morgan fingerprint density at radius 3 is 2.64 bits per heavy atom. The predicted octanol–water partition coefficient (Wildman–Crippen LogP) is 2.41. The van der Waals surface area contributed by atoms with Gasteiger partial charge in [-0.15, -0.1) is 0 Å². The maximum Gasteiger partial charge on any atom is 0.0813 e. The van der Waals surface area contributed by atoms with Gasteiger partial charge in [0.05, 0.1) is 19.3 Å². The summed E-state index contributed by atoms with van der Waals surface area (Å²) < 4.78 is 5.33. The van der Waals surface area contributed by atoms with Gasteiger partial charge in [0.15, 0.2) is 0 Å². The highest BCUT2D eigenvalue weighted by molar-refractivity contribution is 5.34. The Hall–Kier alpha value is -0.860. The number of hydrogen-bond donors (Lipinski definition) is 1. The number of hydrogen-bond acceptors (Lipinski definition) is 2. The third-order valence-electron chi connectivity index (χ3n) is 2.72. The topological polar surface area (TPSA) is 29.5 Å². The van der Waals surface area contributed by atoms with E-state index in [4.69, 9.17) is 4.74 Å². The third-order valence-corrected chi connectivity index (χ3v) is 2.72. The van der Waals surface area contributed by atoms with E-state index in [-0.39, 0.29) is 12.0 Å². The molecule has 1 aromatic rings. The largest absolute Gasteiger partial charge is 0.388 e. The van der Waals surface area contributed by atoms with Gasteiger partial charge in [0.1, 0.15) is 0 Å². The van der Waals surface area contributed by atoms with Gasteiger partial charge in [0.25, 0.3) is 0 Å². The van der Waals surface area contributed by atoms with Gasteiger partial charge < -0.3 is 9.84 Å². The molecule has 76 valence electrons. The second-order valence-electron chi connectivity index (χ2n) is 4.21. The van der Waals surface area contributed by atoms with Crippen molar-refractivity contribution >= 4 is 0 Å². The van der Waals surface area contributed by atoms with Crippen LogP contribution in [-0.2, 0) is 18.0 Å². The number of aliphatic hydroxyl groups excluding tert-OH is 1. The molecule has 1 unspecified atom stereocenters. The number of rotatable bonds is 2. The highest BCUT2D eigenvalue weighted by Gasteiger charge is 2.16. The van der Waals surface area contributed by atoms with Crippen molar-refractivity contribution < 1.29 is 9.84 Å². The molecule has 1 N–H and O–H groups in total. The number of benzene rings is 1. The van der Waals surface area contributed by atoms with Crippen molar-refractivity contribution in [1.29, 1.82) is 0 Å². The molecule has 0 aromatic heterocycles. The van der Waals surface area contributed by atoms with Crippen LogP contribution in [0.2, 0.25) is 0 Å². The zero-order valence-corrected chi connectivity index (χ0v) is 8.66. The molecule has 0 bridgehead atoms. The summed E-state index contributed by atoms with van der Waals surface area (Å²) in [5, 5.41) is 9.89. The van der Waals surface area contributed by atoms with E-state index in [1.807, 2.05) is 19.9 Å². The van der Waals surface area contributed by atoms with E-state index in [9.17, 15) is 5.11 Å². The highest BCUT2D eigenvalue weighted by Crippen LogP contribution is 2.27. The molecule has 1 aliphatic rings. The Labute approximate surface area is 84.5 Å². The molecule has 1 aliphatic heterocycles. The van der Waals surface area contributed by atoms with E-state index < -0.39 is 0 Å². The number of fused-ring (bicyclic) bond motifs is 1. The zero-order valence-electron chi connectivity index (χ0n) is 8.66. The van der Waals surface area contributed by atoms with Gasteiger partial charge in [0, 0.05) is 0 Å². The Morgan fingerprint density at radius 2 is 1.93 bits per heavy atom. The summed E-state index contributed by atoms with van der Waals surface area (Å²) >= 11 is 0. The second-order valence-corrected chi connectivity index (χ2v) is 4.21. The SMILES string of the molecule is CC(C)C(O)c1ccc2c(c1)COC2. The number of ether oxygens (including phenoxy) is 1. The van der Waals surface area contributed by atoms with E-state index in [2.05, 4.69) is 12.1 Å². The first kappa shape index (κ1) is 9.69. The molecule has 0 fully saturated rings. The Kier molecular flexibility index (Phi) is 2.57. The zero-order chi connectivity index (χ0) is 10.1. The maximum atomic E-state index is 9.89. The van der Waals surface area contributed by atoms with Crippen LogP contribution in [0.1, 0.15) is 36.6 Å². The fraction of sp³-hybridized carbons (Fsp3) is 0.500. The monoisotopic (exact) mass is 192 g/mol. The lowest BCUT2D eigenvalue weighted by Gasteiger charge is -2.15. The lowest BCUT2D eigenvalue weighted by molar-refractivity contribution is 0.126. The van der Waals surface area contributed by atoms with Crippen LogP contribution in [0.25, 0.3) is 0 Å². The van der Waals surface area contributed by atoms with Gasteiger partial charge in [-0.1, -0.05) is 32.0 Å². The van der Waals surface area contributed by atoms with E-state index in [1.165, 1.54) is 11.1 Å². The molecular weight excluding hydrogens is 176 g/mol. The maximum absolute atomic E-state index is 9.89. The first-order chi connectivity index (χ1) is 6.68. The van der Waals surface area contributed by atoms with Crippen molar-refractivity contribution in [2.75, 3.05) is 0 Å². The van der Waals surface area contributed by atoms with Crippen molar-refractivity contribution in [3.63, 3.8) is 0 Å². The van der Waals surface area contributed by atoms with Gasteiger partial charge in [-0.3, -0.25) is 0 Å². The van der Waals surface area contributed by atoms with Gasteiger partial charge in [-0.25, -0.2) is 0 Å². The predicted molar refractivity (Wildman–Crippen MR) is 54.7 cm³/mol. The van der Waals surface area contributed by atoms with Gasteiger partial charge >= 0.3 is 0 Å². The van der Waals surface area contributed by atoms with E-state index in [0.717, 1.165) is 5.56 Å². The molecule has 0 saturated heterocycles. The number of aliphatic hydroxyl groups is 1. The summed E-state index contributed by atoms with van der Waals surface area (Å²) in [6.45, 7) is 5.45. The summed E-state index contributed by atoms with van der Waals surface area (Å²) in [6.07, 6.45) is -0.360. The fourth-order valence-corrected chi connectivity index (χ4v) is 1.76. The van der Waals surface area contributed by atoms with E-state index in [0.29, 0.717) is 13.2 Å². The minimum Gasteiger partial charge on any atom is -0.388 e. The van der Waals surface area contributed by atoms with Crippen molar-refractivity contribution in [2.45, 2.75) is 33.2 Å². The van der Waals surface area contributed by atoms with E-state index in [1.54, 1.807) is 0 Å². The second kappa shape index (κ2) is 3.71. The molecule has 2 heteroatoms. The molecule has 0 amide bonds. The fourth-order valence-electron chi connectivity index (χ4n) is 1.76. The summed E-state index contributed by atoms with van der Waals surface area (Å²) in [5.41, 5.74) is 3.48. The molecule has 1 aromatic carbocycles. The van der Waals surface area contributed by atoms with Crippen LogP contribution in [0.5, 0.6) is 0 Å². The van der Waals surface area contributed by atoms with Crippen LogP contribution >= 0.6 is 0 Å². The summed E-state index contributed by atoms with van der Waals surface area (Å²) in [4.78, 5) is 0. The van der Waals surface area contributed by atoms with Crippen molar-refractivity contribution in [3.8, 4) is 0 Å². The summed E-state index contributed by atoms with van der Waals surface area (Å²) in [7, 11) is 0. The van der Waals surface area contributed by atoms with Crippen LogP contribution < -0.4 is 0 Å². The van der Waals surface area contributed by atoms with Crippen molar-refractivity contribution in [2.24, 2.45) is 5.92 Å². The van der Waals surface area contributed by atoms with Gasteiger partial charge in [-0.2, -0.15) is 0 Å². The Bertz CT molecular complexity index is 331. The molecule has 2 rings (SSSR count). The molecule has 2 nitrogen and oxygen atoms in total. The van der Waals surface area contributed by atoms with E-state index >= 15 is 0 Å². The quantitative estimate of drug-likeness (QED) is 0.779. The van der Waals surface area contributed by atoms with Crippen LogP contribution in [0, 0.1) is 5.92 Å². The molecule has 0 spiro atoms. The molecular formula is C12H16O2. The highest BCUT2D eigenvalue weighted by atomic mass is 16.5. The molecule has 1 heterocycles. The third kappa shape index (κ3) is 1.68. The van der Waals surface area contributed by atoms with Crippen LogP contribution in [-0.4, -0.2) is 5.11 Å². The first-order valence-corrected chi connectivity index (χ1v) is 5.06. The normalized spacial score (nSPS) is 17.1. The minimum atomic E-state index is -0.360. The summed E-state index contributed by atoms with van der Waals surface area (Å²) in [5.74, 6) is 0.260. The first-order valence-electron chi connectivity index (χ1n) is 5.06. The Balaban J connectivity index is 2.28. The van der Waals surface area contributed by atoms with Gasteiger partial charge in [0.2, 0.25) is 0 Å². The molecule has 1 atom stereocenters. The average molecular weight is 192 g/mol. The molecule has 0 radical (unpaired) electrons. The standard InChI is InChI=1S/C12H16O2/c1-8(2)12(13)9-3-4-10-6-14-7-11(10)5-9/h3-5,8,12-13H,6-7H2,1-2H3. The van der Waals surface area contributed by atoms with Crippen LogP contribution in [0.3, 0.4) is 0 Å². The molecule has 14 heavy (non-hydrogen) atoms. The molecule has 0 saturated carbocycles. The lowest BCUT2D eigenvalue weighted by atomic mass is 9.96. The van der Waals surface area contributed by atoms with Crippen LogP contribution in [0.15, 0.2) is 18.2 Å². The van der Waals surface area contributed by atoms with Crippen molar-refractivity contribution in [1.82, 2.24) is 0 Å². The summed E-state index contributed by atoms with van der Waals surface area (Å²) in [6, 6.07) is 6.12. The van der Waals surface area contributed by atoms with Crippen LogP contribution in [0.4, 0.5) is 0 Å². The lowest BCUT2D eigenvalue weighted by Crippen LogP contribution is -2.05.